The van der Waals surface area contributed by atoms with E-state index < -0.39 is 11.9 Å². The monoisotopic (exact) mass is 357 g/mol. The lowest BCUT2D eigenvalue weighted by Gasteiger charge is -2.25. The smallest absolute Gasteiger partial charge is 0.355 e. The van der Waals surface area contributed by atoms with Crippen LogP contribution in [-0.4, -0.2) is 31.9 Å². The lowest BCUT2D eigenvalue weighted by Crippen LogP contribution is -2.27. The minimum Gasteiger partial charge on any atom is -0.465 e. The number of thioether (sulfide) groups is 1. The molecule has 130 valence electrons. The third kappa shape index (κ3) is 4.22. The number of carbonyl (C=O) groups excluding carboxylic acids is 2. The quantitative estimate of drug-likeness (QED) is 0.441. The fourth-order valence-electron chi connectivity index (χ4n) is 2.28. The topological polar surface area (TPSA) is 55.8 Å². The van der Waals surface area contributed by atoms with Crippen LogP contribution in [0, 0.1) is 0 Å². The Morgan fingerprint density at radius 2 is 1.88 bits per heavy atom. The molecule has 0 atom stereocenters. The van der Waals surface area contributed by atoms with Crippen molar-refractivity contribution in [1.29, 1.82) is 0 Å². The molecule has 25 heavy (non-hydrogen) atoms. The summed E-state index contributed by atoms with van der Waals surface area (Å²) in [4.78, 5) is 27.2. The van der Waals surface area contributed by atoms with Crippen LogP contribution in [0.25, 0.3) is 0 Å². The summed E-state index contributed by atoms with van der Waals surface area (Å²) in [6.45, 7) is 3.73. The van der Waals surface area contributed by atoms with Crippen molar-refractivity contribution >= 4 is 29.4 Å². The summed E-state index contributed by atoms with van der Waals surface area (Å²) < 4.78 is 9.73. The van der Waals surface area contributed by atoms with Gasteiger partial charge in [0.1, 0.15) is 5.70 Å². The van der Waals surface area contributed by atoms with Crippen molar-refractivity contribution in [2.45, 2.75) is 4.90 Å². The van der Waals surface area contributed by atoms with E-state index in [2.05, 4.69) is 6.58 Å². The average Bonchev–Trinajstić information content (AvgIpc) is 2.88. The Hall–Kier alpha value is -2.73. The molecular formula is C19H19NO4S. The molecule has 0 spiro atoms. The Balaban J connectivity index is 2.63. The largest absolute Gasteiger partial charge is 0.465 e. The van der Waals surface area contributed by atoms with Crippen molar-refractivity contribution in [3.05, 3.63) is 72.6 Å². The average molecular weight is 357 g/mol. The molecule has 5 nitrogen and oxygen atoms in total. The number of nitrogens with zero attached hydrogens (tertiary/aromatic N) is 1. The number of esters is 2. The molecule has 0 fully saturated rings. The second-order valence-corrected chi connectivity index (χ2v) is 5.95. The number of hydrogen-bond donors (Lipinski definition) is 0. The van der Waals surface area contributed by atoms with Gasteiger partial charge in [-0.3, -0.25) is 0 Å². The molecule has 1 aliphatic rings. The molecule has 0 bridgehead atoms. The Kier molecular flexibility index (Phi) is 6.65. The highest BCUT2D eigenvalue weighted by Gasteiger charge is 2.28. The van der Waals surface area contributed by atoms with Crippen molar-refractivity contribution in [3.63, 3.8) is 0 Å². The molecule has 6 heteroatoms. The summed E-state index contributed by atoms with van der Waals surface area (Å²) in [6.07, 6.45) is 8.47. The summed E-state index contributed by atoms with van der Waals surface area (Å²) in [5, 5.41) is 0. The van der Waals surface area contributed by atoms with Crippen molar-refractivity contribution < 1.29 is 19.1 Å². The summed E-state index contributed by atoms with van der Waals surface area (Å²) in [6, 6.07) is 7.60. The molecule has 0 aliphatic carbocycles. The summed E-state index contributed by atoms with van der Waals surface area (Å²) >= 11 is 1.58. The SMILES string of the molecule is C=CCSc1ccccc1N1C=CC=CC(C(=O)OC)=C1C(=O)OC. The maximum absolute atomic E-state index is 12.4. The molecular weight excluding hydrogens is 338 g/mol. The van der Waals surface area contributed by atoms with E-state index >= 15 is 0 Å². The second kappa shape index (κ2) is 8.94. The van der Waals surface area contributed by atoms with Crippen LogP contribution < -0.4 is 4.90 Å². The molecule has 2 rings (SSSR count). The number of hydrogen-bond acceptors (Lipinski definition) is 6. The van der Waals surface area contributed by atoms with Gasteiger partial charge in [0.2, 0.25) is 0 Å². The third-order valence-corrected chi connectivity index (χ3v) is 4.43. The number of carbonyl (C=O) groups is 2. The highest BCUT2D eigenvalue weighted by Crippen LogP contribution is 2.34. The van der Waals surface area contributed by atoms with Crippen LogP contribution in [0.2, 0.25) is 0 Å². The number of benzene rings is 1. The number of para-hydroxylation sites is 1. The fourth-order valence-corrected chi connectivity index (χ4v) is 3.06. The molecule has 0 radical (unpaired) electrons. The first-order chi connectivity index (χ1) is 12.1. The Bertz CT molecular complexity index is 764. The Morgan fingerprint density at radius 3 is 2.56 bits per heavy atom. The predicted octanol–water partition coefficient (Wildman–Crippen LogP) is 3.45. The molecule has 0 N–H and O–H groups in total. The lowest BCUT2D eigenvalue weighted by atomic mass is 10.1. The van der Waals surface area contributed by atoms with Crippen molar-refractivity contribution in [2.75, 3.05) is 24.9 Å². The maximum atomic E-state index is 12.4. The van der Waals surface area contributed by atoms with Gasteiger partial charge >= 0.3 is 11.9 Å². The summed E-state index contributed by atoms with van der Waals surface area (Å²) in [7, 11) is 2.55. The van der Waals surface area contributed by atoms with E-state index in [1.807, 2.05) is 24.3 Å². The van der Waals surface area contributed by atoms with Gasteiger partial charge in [-0.05, 0) is 24.3 Å². The zero-order valence-electron chi connectivity index (χ0n) is 14.1. The van der Waals surface area contributed by atoms with E-state index in [1.165, 1.54) is 20.3 Å². The van der Waals surface area contributed by atoms with Gasteiger partial charge in [-0.1, -0.05) is 24.3 Å². The zero-order chi connectivity index (χ0) is 18.2. The number of rotatable bonds is 6. The first kappa shape index (κ1) is 18.6. The number of methoxy groups -OCH3 is 2. The van der Waals surface area contributed by atoms with Gasteiger partial charge in [0.05, 0.1) is 25.5 Å². The fraction of sp³-hybridized carbons (Fsp3) is 0.158. The van der Waals surface area contributed by atoms with E-state index in [0.717, 1.165) is 10.6 Å². The van der Waals surface area contributed by atoms with Crippen molar-refractivity contribution in [1.82, 2.24) is 0 Å². The number of allylic oxidation sites excluding steroid dienone is 2. The Morgan fingerprint density at radius 1 is 1.16 bits per heavy atom. The van der Waals surface area contributed by atoms with Gasteiger partial charge in [0.25, 0.3) is 0 Å². The predicted molar refractivity (Wildman–Crippen MR) is 99.2 cm³/mol. The van der Waals surface area contributed by atoms with Crippen molar-refractivity contribution in [3.8, 4) is 0 Å². The van der Waals surface area contributed by atoms with Crippen molar-refractivity contribution in [2.24, 2.45) is 0 Å². The van der Waals surface area contributed by atoms with Gasteiger partial charge in [0, 0.05) is 16.8 Å². The second-order valence-electron chi connectivity index (χ2n) is 4.88. The van der Waals surface area contributed by atoms with E-state index in [1.54, 1.807) is 41.1 Å². The third-order valence-electron chi connectivity index (χ3n) is 3.37. The molecule has 0 saturated carbocycles. The highest BCUT2D eigenvalue weighted by atomic mass is 32.2. The van der Waals surface area contributed by atoms with Crippen LogP contribution in [0.4, 0.5) is 5.69 Å². The van der Waals surface area contributed by atoms with E-state index in [-0.39, 0.29) is 11.3 Å². The number of anilines is 1. The van der Waals surface area contributed by atoms with Crippen LogP contribution in [0.15, 0.2) is 77.5 Å². The van der Waals surface area contributed by atoms with Gasteiger partial charge in [0.15, 0.2) is 0 Å². The minimum atomic E-state index is -0.625. The highest BCUT2D eigenvalue weighted by molar-refractivity contribution is 7.99. The van der Waals surface area contributed by atoms with E-state index in [0.29, 0.717) is 5.75 Å². The first-order valence-electron chi connectivity index (χ1n) is 7.51. The van der Waals surface area contributed by atoms with Gasteiger partial charge in [-0.2, -0.15) is 0 Å². The van der Waals surface area contributed by atoms with Gasteiger partial charge < -0.3 is 14.4 Å². The lowest BCUT2D eigenvalue weighted by molar-refractivity contribution is -0.139. The van der Waals surface area contributed by atoms with E-state index in [4.69, 9.17) is 9.47 Å². The van der Waals surface area contributed by atoms with Crippen LogP contribution in [-0.2, 0) is 19.1 Å². The molecule has 1 aromatic rings. The normalized spacial score (nSPS) is 13.4. The van der Waals surface area contributed by atoms with Gasteiger partial charge in [-0.15, -0.1) is 18.3 Å². The summed E-state index contributed by atoms with van der Waals surface area (Å²) in [5.41, 5.74) is 0.991. The molecule has 0 aromatic heterocycles. The molecule has 0 amide bonds. The molecule has 1 heterocycles. The van der Waals surface area contributed by atoms with E-state index in [9.17, 15) is 9.59 Å². The molecule has 1 aliphatic heterocycles. The number of ether oxygens (including phenoxy) is 2. The minimum absolute atomic E-state index is 0.103. The van der Waals surface area contributed by atoms with Gasteiger partial charge in [-0.25, -0.2) is 9.59 Å². The maximum Gasteiger partial charge on any atom is 0.355 e. The zero-order valence-corrected chi connectivity index (χ0v) is 14.9. The van der Waals surface area contributed by atoms with Crippen LogP contribution in [0.1, 0.15) is 0 Å². The van der Waals surface area contributed by atoms with Crippen LogP contribution in [0.3, 0.4) is 0 Å². The standard InChI is InChI=1S/C19H19NO4S/c1-4-13-25-16-11-6-5-10-15(16)20-12-8-7-9-14(18(21)23-2)17(20)19(22)24-3/h4-12H,1,13H2,2-3H3. The Labute approximate surface area is 151 Å². The molecule has 0 saturated heterocycles. The molecule has 1 aromatic carbocycles. The van der Waals surface area contributed by atoms with Crippen LogP contribution in [0.5, 0.6) is 0 Å². The molecule has 0 unspecified atom stereocenters. The first-order valence-corrected chi connectivity index (χ1v) is 8.50. The summed E-state index contributed by atoms with van der Waals surface area (Å²) in [5.74, 6) is -0.518. The van der Waals surface area contributed by atoms with Crippen LogP contribution >= 0.6 is 11.8 Å².